The van der Waals surface area contributed by atoms with Crippen molar-refractivity contribution in [3.8, 4) is 0 Å². The van der Waals surface area contributed by atoms with Crippen molar-refractivity contribution in [3.63, 3.8) is 0 Å². The van der Waals surface area contributed by atoms with Crippen LogP contribution in [0.3, 0.4) is 0 Å². The van der Waals surface area contributed by atoms with Crippen LogP contribution in [-0.2, 0) is 38.5 Å². The first kappa shape index (κ1) is 31.7. The maximum atomic E-state index is 12.5. The van der Waals surface area contributed by atoms with Crippen LogP contribution in [0.1, 0.15) is 79.1 Å². The fourth-order valence-corrected chi connectivity index (χ4v) is 2.95. The van der Waals surface area contributed by atoms with E-state index in [1.54, 1.807) is 0 Å². The Morgan fingerprint density at radius 3 is 0.960 bits per heavy atom. The van der Waals surface area contributed by atoms with E-state index in [2.05, 4.69) is 47.6 Å². The molecule has 1 aliphatic carbocycles. The van der Waals surface area contributed by atoms with Gasteiger partial charge in [-0.05, 0) is 36.8 Å². The van der Waals surface area contributed by atoms with Crippen molar-refractivity contribution in [1.29, 1.82) is 0 Å². The zero-order chi connectivity index (χ0) is 19.5. The van der Waals surface area contributed by atoms with Gasteiger partial charge in [-0.3, -0.25) is 4.79 Å². The zero-order valence-electron chi connectivity index (χ0n) is 15.6. The molecule has 1 rings (SSSR count). The van der Waals surface area contributed by atoms with Gasteiger partial charge in [0.25, 0.3) is 0 Å². The van der Waals surface area contributed by atoms with E-state index < -0.39 is 0 Å². The summed E-state index contributed by atoms with van der Waals surface area (Å²) in [6.45, 7) is 22.3. The summed E-state index contributed by atoms with van der Waals surface area (Å²) in [5, 5.41) is 0. The van der Waals surface area contributed by atoms with E-state index in [9.17, 15) is 4.79 Å². The molecule has 0 N–H and O–H groups in total. The Hall–Kier alpha value is -0.994. The van der Waals surface area contributed by atoms with Crippen molar-refractivity contribution in [2.45, 2.75) is 79.1 Å². The topological polar surface area (TPSA) is 76.8 Å². The summed E-state index contributed by atoms with van der Waals surface area (Å²) in [6, 6.07) is 0. The molecule has 0 unspecified atom stereocenters. The van der Waals surface area contributed by atoms with Crippen LogP contribution in [0.5, 0.6) is 0 Å². The Labute approximate surface area is 165 Å². The van der Waals surface area contributed by atoms with E-state index in [0.29, 0.717) is 5.78 Å². The summed E-state index contributed by atoms with van der Waals surface area (Å²) < 4.78 is 22.5. The SMILES string of the molecule is CCCC1=C(CCC)C(CCC)=C(CCC)C1=O.[C-]#[O+].[C-]#[O+].[C-]#[O+].[Os]. The average molecular weight is 523 g/mol. The van der Waals surface area contributed by atoms with Gasteiger partial charge in [-0.15, -0.1) is 0 Å². The second-order valence-corrected chi connectivity index (χ2v) is 5.24. The van der Waals surface area contributed by atoms with Crippen LogP contribution in [-0.4, -0.2) is 5.78 Å². The van der Waals surface area contributed by atoms with Crippen molar-refractivity contribution in [1.82, 2.24) is 0 Å². The van der Waals surface area contributed by atoms with Gasteiger partial charge in [0.1, 0.15) is 0 Å². The van der Waals surface area contributed by atoms with Crippen molar-refractivity contribution >= 4 is 5.78 Å². The van der Waals surface area contributed by atoms with Crippen LogP contribution < -0.4 is 0 Å². The molecule has 0 atom stereocenters. The molecule has 0 saturated heterocycles. The summed E-state index contributed by atoms with van der Waals surface area (Å²) in [7, 11) is 0. The molecule has 0 aromatic heterocycles. The summed E-state index contributed by atoms with van der Waals surface area (Å²) in [6.07, 6.45) is 8.54. The van der Waals surface area contributed by atoms with E-state index in [4.69, 9.17) is 14.0 Å². The first-order valence-corrected chi connectivity index (χ1v) is 8.31. The largest absolute Gasteiger partial charge is 0 e. The quantitative estimate of drug-likeness (QED) is 0.317. The van der Waals surface area contributed by atoms with Crippen LogP contribution in [0.2, 0.25) is 0 Å². The van der Waals surface area contributed by atoms with Crippen LogP contribution in [0.15, 0.2) is 22.3 Å². The van der Waals surface area contributed by atoms with Crippen LogP contribution >= 0.6 is 0 Å². The van der Waals surface area contributed by atoms with Gasteiger partial charge >= 0.3 is 33.9 Å². The van der Waals surface area contributed by atoms with Gasteiger partial charge in [0.05, 0.1) is 0 Å². The van der Waals surface area contributed by atoms with Gasteiger partial charge in [0.15, 0.2) is 5.78 Å². The second kappa shape index (κ2) is 23.0. The van der Waals surface area contributed by atoms with Gasteiger partial charge in [0.2, 0.25) is 0 Å². The molecule has 0 aliphatic heterocycles. The van der Waals surface area contributed by atoms with Crippen LogP contribution in [0, 0.1) is 20.0 Å². The van der Waals surface area contributed by atoms with Gasteiger partial charge in [-0.25, -0.2) is 0 Å². The second-order valence-electron chi connectivity index (χ2n) is 5.24. The molecule has 0 spiro atoms. The number of hydrogen-bond donors (Lipinski definition) is 0. The van der Waals surface area contributed by atoms with Gasteiger partial charge in [0, 0.05) is 30.9 Å². The molecule has 4 nitrogen and oxygen atoms in total. The standard InChI is InChI=1S/C17H28O.3CO.Os/c1-5-9-13-14(10-6-2)16(12-8-4)17(18)15(13)11-7-3;3*1-2;/h5-12H2,1-4H3;;;;. The van der Waals surface area contributed by atoms with Crippen LogP contribution in [0.4, 0.5) is 0 Å². The Bertz CT molecular complexity index is 433. The van der Waals surface area contributed by atoms with Crippen LogP contribution in [0.25, 0.3) is 0 Å². The number of hydrogen-bond acceptors (Lipinski definition) is 1. The molecule has 0 heterocycles. The van der Waals surface area contributed by atoms with Gasteiger partial charge in [-0.1, -0.05) is 53.4 Å². The molecule has 5 heteroatoms. The molecule has 0 aromatic rings. The molecule has 0 amide bonds. The molecule has 0 radical (unpaired) electrons. The number of Topliss-reactive ketones (excluding diaryl/α,β-unsaturated/α-hetero) is 1. The predicted octanol–water partition coefficient (Wildman–Crippen LogP) is 5.25. The maximum absolute atomic E-state index is 12.5. The van der Waals surface area contributed by atoms with E-state index in [1.807, 2.05) is 0 Å². The molecule has 1 aliphatic rings. The summed E-state index contributed by atoms with van der Waals surface area (Å²) in [5.74, 6) is 0.380. The van der Waals surface area contributed by atoms with E-state index >= 15 is 0 Å². The number of allylic oxidation sites excluding steroid dienone is 4. The molecule has 25 heavy (non-hydrogen) atoms. The fraction of sp³-hybridized carbons (Fsp3) is 0.600. The summed E-state index contributed by atoms with van der Waals surface area (Å²) in [4.78, 5) is 12.5. The van der Waals surface area contributed by atoms with E-state index in [-0.39, 0.29) is 19.8 Å². The Kier molecular flexibility index (Phi) is 29.2. The Morgan fingerprint density at radius 2 is 0.760 bits per heavy atom. The molecular formula is C20H28O4Os. The maximum Gasteiger partial charge on any atom is 0 e. The minimum atomic E-state index is 0. The number of carbonyl (C=O) groups excluding carboxylic acids is 1. The molecular weight excluding hydrogens is 494 g/mol. The fourth-order valence-electron chi connectivity index (χ4n) is 2.95. The predicted molar refractivity (Wildman–Crippen MR) is 90.5 cm³/mol. The van der Waals surface area contributed by atoms with Crippen molar-refractivity contribution in [2.75, 3.05) is 0 Å². The minimum absolute atomic E-state index is 0. The third-order valence-electron chi connectivity index (χ3n) is 3.64. The average Bonchev–Trinajstić information content (AvgIpc) is 2.87. The number of rotatable bonds is 8. The third kappa shape index (κ3) is 10.6. The molecule has 140 valence electrons. The van der Waals surface area contributed by atoms with Crippen molar-refractivity contribution in [3.05, 3.63) is 42.2 Å². The molecule has 0 aromatic carbocycles. The normalized spacial score (nSPS) is 11.8. The first-order chi connectivity index (χ1) is 11.7. The molecule has 0 fully saturated rings. The first-order valence-electron chi connectivity index (χ1n) is 8.31. The zero-order valence-corrected chi connectivity index (χ0v) is 18.2. The van der Waals surface area contributed by atoms with E-state index in [0.717, 1.165) is 62.5 Å². The monoisotopic (exact) mass is 524 g/mol. The van der Waals surface area contributed by atoms with Crippen molar-refractivity contribution < 1.29 is 38.5 Å². The summed E-state index contributed by atoms with van der Waals surface area (Å²) in [5.41, 5.74) is 5.11. The van der Waals surface area contributed by atoms with Crippen molar-refractivity contribution in [2.24, 2.45) is 0 Å². The summed E-state index contributed by atoms with van der Waals surface area (Å²) >= 11 is 0. The third-order valence-corrected chi connectivity index (χ3v) is 3.64. The minimum Gasteiger partial charge on any atom is 0 e. The molecule has 0 bridgehead atoms. The Morgan fingerprint density at radius 1 is 0.560 bits per heavy atom. The number of ketones is 1. The Balaban J connectivity index is -0.000000284. The smallest absolute Gasteiger partial charge is 0 e. The molecule has 0 saturated carbocycles. The van der Waals surface area contributed by atoms with Gasteiger partial charge in [-0.2, -0.15) is 0 Å². The van der Waals surface area contributed by atoms with E-state index in [1.165, 1.54) is 11.1 Å². The van der Waals surface area contributed by atoms with Gasteiger partial charge < -0.3 is 0 Å². The number of carbonyl (C=O) groups is 1.